The Bertz CT molecular complexity index is 1200. The molecule has 0 saturated heterocycles. The predicted octanol–water partition coefficient (Wildman–Crippen LogP) is 4.82. The molecule has 0 radical (unpaired) electrons. The van der Waals surface area contributed by atoms with Crippen molar-refractivity contribution in [2.75, 3.05) is 26.1 Å². The summed E-state index contributed by atoms with van der Waals surface area (Å²) in [5, 5.41) is 0. The summed E-state index contributed by atoms with van der Waals surface area (Å²) in [7, 11) is -3.59. The van der Waals surface area contributed by atoms with Gasteiger partial charge in [-0.05, 0) is 54.3 Å². The number of para-hydroxylation sites is 1. The number of ether oxygens (including phenoxy) is 3. The molecule has 36 heavy (non-hydrogen) atoms. The van der Waals surface area contributed by atoms with Gasteiger partial charge in [-0.25, -0.2) is 4.79 Å². The summed E-state index contributed by atoms with van der Waals surface area (Å²) >= 11 is 0. The van der Waals surface area contributed by atoms with Gasteiger partial charge in [0, 0.05) is 19.4 Å². The number of carbonyl (C=O) groups excluding carboxylic acids is 1. The number of fused-ring (bicyclic) bond motifs is 1. The zero-order valence-electron chi connectivity index (χ0n) is 20.8. The number of rotatable bonds is 12. The van der Waals surface area contributed by atoms with Crippen molar-refractivity contribution in [1.29, 1.82) is 0 Å². The second-order valence-corrected chi connectivity index (χ2v) is 9.69. The number of hydrogen-bond acceptors (Lipinski definition) is 7. The molecule has 0 fully saturated rings. The molecule has 1 unspecified atom stereocenters. The first-order valence-corrected chi connectivity index (χ1v) is 13.7. The minimum Gasteiger partial charge on any atom is -0.493 e. The van der Waals surface area contributed by atoms with Crippen molar-refractivity contribution in [1.82, 2.24) is 0 Å². The third-order valence-corrected chi connectivity index (χ3v) is 5.82. The van der Waals surface area contributed by atoms with E-state index in [1.807, 2.05) is 37.3 Å². The van der Waals surface area contributed by atoms with E-state index in [-0.39, 0.29) is 5.97 Å². The third-order valence-electron chi connectivity index (χ3n) is 5.33. The first-order valence-electron chi connectivity index (χ1n) is 11.9. The molecule has 2 aromatic carbocycles. The summed E-state index contributed by atoms with van der Waals surface area (Å²) in [4.78, 5) is 12.0. The Balaban J connectivity index is 0.000000513. The highest BCUT2D eigenvalue weighted by molar-refractivity contribution is 7.86. The average molecular weight is 513 g/mol. The van der Waals surface area contributed by atoms with E-state index in [1.165, 1.54) is 11.1 Å². The van der Waals surface area contributed by atoms with Crippen LogP contribution in [0.5, 0.6) is 11.5 Å². The van der Waals surface area contributed by atoms with Crippen molar-refractivity contribution in [3.8, 4) is 22.6 Å². The van der Waals surface area contributed by atoms with Crippen LogP contribution in [0.15, 0.2) is 72.8 Å². The van der Waals surface area contributed by atoms with Crippen LogP contribution in [0, 0.1) is 0 Å². The van der Waals surface area contributed by atoms with E-state index in [0.29, 0.717) is 44.2 Å². The maximum atomic E-state index is 12.0. The molecule has 2 aliphatic carbocycles. The van der Waals surface area contributed by atoms with Crippen LogP contribution in [-0.4, -0.2) is 46.6 Å². The van der Waals surface area contributed by atoms with Crippen LogP contribution in [-0.2, 0) is 37.2 Å². The Morgan fingerprint density at radius 3 is 2.03 bits per heavy atom. The quantitative estimate of drug-likeness (QED) is 0.199. The van der Waals surface area contributed by atoms with Gasteiger partial charge in [0.2, 0.25) is 0 Å². The molecular weight excluding hydrogens is 480 g/mol. The van der Waals surface area contributed by atoms with Crippen LogP contribution < -0.4 is 8.92 Å². The Labute approximate surface area is 213 Å². The van der Waals surface area contributed by atoms with Crippen LogP contribution in [0.3, 0.4) is 0 Å². The molecule has 192 valence electrons. The van der Waals surface area contributed by atoms with E-state index in [2.05, 4.69) is 24.3 Å². The summed E-state index contributed by atoms with van der Waals surface area (Å²) in [6.07, 6.45) is 1.29. The van der Waals surface area contributed by atoms with Crippen LogP contribution in [0.4, 0.5) is 0 Å². The van der Waals surface area contributed by atoms with Crippen molar-refractivity contribution in [3.63, 3.8) is 0 Å². The zero-order chi connectivity index (χ0) is 26.0. The van der Waals surface area contributed by atoms with Crippen LogP contribution in [0.1, 0.15) is 25.0 Å². The second-order valence-electron chi connectivity index (χ2n) is 8.12. The summed E-state index contributed by atoms with van der Waals surface area (Å²) in [6, 6.07) is 22.8. The second kappa shape index (κ2) is 13.1. The molecule has 0 aliphatic heterocycles. The molecule has 0 bridgehead atoms. The molecule has 7 nitrogen and oxygen atoms in total. The summed E-state index contributed by atoms with van der Waals surface area (Å²) in [5.41, 5.74) is 4.53. The van der Waals surface area contributed by atoms with E-state index >= 15 is 0 Å². The van der Waals surface area contributed by atoms with Crippen LogP contribution in [0.2, 0.25) is 0 Å². The molecule has 0 spiro atoms. The van der Waals surface area contributed by atoms with Crippen LogP contribution in [0.25, 0.3) is 11.1 Å². The zero-order valence-corrected chi connectivity index (χ0v) is 21.6. The smallest absolute Gasteiger partial charge is 0.335 e. The molecule has 0 heterocycles. The Hall–Kier alpha value is -3.36. The van der Waals surface area contributed by atoms with Gasteiger partial charge < -0.3 is 18.4 Å². The standard InChI is InChI=1S/C22H28O7S.C6H4/c1-4-26-21(22(23)27-5-2)16-17-10-12-19(13-11-17)28-15-14-18-8-6-7-9-20(18)29-30(3,24)25;1-2-6-4-3-5(1)6/h6-13,21H,4-5,14-16H2,1-3H3;1-4H. The van der Waals surface area contributed by atoms with Crippen molar-refractivity contribution < 1.29 is 31.6 Å². The number of hydrogen-bond donors (Lipinski definition) is 0. The van der Waals surface area contributed by atoms with Crippen molar-refractivity contribution in [3.05, 3.63) is 83.9 Å². The number of carbonyl (C=O) groups is 1. The van der Waals surface area contributed by atoms with E-state index in [9.17, 15) is 13.2 Å². The van der Waals surface area contributed by atoms with Crippen molar-refractivity contribution >= 4 is 16.1 Å². The molecule has 4 rings (SSSR count). The Morgan fingerprint density at radius 2 is 1.50 bits per heavy atom. The van der Waals surface area contributed by atoms with Gasteiger partial charge >= 0.3 is 16.1 Å². The van der Waals surface area contributed by atoms with Gasteiger partial charge in [0.15, 0.2) is 6.10 Å². The third kappa shape index (κ3) is 8.39. The molecule has 0 saturated carbocycles. The molecular formula is C28H32O7S. The molecule has 2 aliphatic rings. The van der Waals surface area contributed by atoms with Gasteiger partial charge in [0.05, 0.1) is 19.5 Å². The van der Waals surface area contributed by atoms with Gasteiger partial charge in [-0.2, -0.15) is 8.42 Å². The Morgan fingerprint density at radius 1 is 0.861 bits per heavy atom. The van der Waals surface area contributed by atoms with Gasteiger partial charge in [0.25, 0.3) is 0 Å². The van der Waals surface area contributed by atoms with E-state index < -0.39 is 16.2 Å². The first kappa shape index (κ1) is 27.2. The fourth-order valence-electron chi connectivity index (χ4n) is 3.48. The highest BCUT2D eigenvalue weighted by Gasteiger charge is 2.20. The van der Waals surface area contributed by atoms with Crippen molar-refractivity contribution in [2.24, 2.45) is 0 Å². The highest BCUT2D eigenvalue weighted by Crippen LogP contribution is 2.29. The minimum atomic E-state index is -3.59. The maximum Gasteiger partial charge on any atom is 0.335 e. The van der Waals surface area contributed by atoms with Gasteiger partial charge in [0.1, 0.15) is 11.5 Å². The molecule has 2 aromatic rings. The topological polar surface area (TPSA) is 88.1 Å². The summed E-state index contributed by atoms with van der Waals surface area (Å²) in [5.74, 6) is 0.610. The Kier molecular flexibility index (Phi) is 9.90. The highest BCUT2D eigenvalue weighted by atomic mass is 32.2. The fraction of sp³-hybridized carbons (Fsp3) is 0.321. The van der Waals surface area contributed by atoms with Crippen molar-refractivity contribution in [2.45, 2.75) is 32.8 Å². The maximum absolute atomic E-state index is 12.0. The first-order chi connectivity index (χ1) is 17.3. The summed E-state index contributed by atoms with van der Waals surface area (Å²) < 4.78 is 44.1. The molecule has 0 N–H and O–H groups in total. The fourth-order valence-corrected chi connectivity index (χ4v) is 3.97. The normalized spacial score (nSPS) is 12.1. The summed E-state index contributed by atoms with van der Waals surface area (Å²) in [6.45, 7) is 4.69. The largest absolute Gasteiger partial charge is 0.493 e. The molecule has 1 atom stereocenters. The number of esters is 1. The lowest BCUT2D eigenvalue weighted by atomic mass is 9.95. The van der Waals surface area contributed by atoms with E-state index in [0.717, 1.165) is 17.4 Å². The van der Waals surface area contributed by atoms with Gasteiger partial charge in [-0.15, -0.1) is 0 Å². The molecule has 0 aromatic heterocycles. The number of benzene rings is 3. The minimum absolute atomic E-state index is 0.305. The lowest BCUT2D eigenvalue weighted by molar-refractivity contribution is -0.156. The van der Waals surface area contributed by atoms with Gasteiger partial charge in [-0.3, -0.25) is 0 Å². The SMILES string of the molecule is CCOC(=O)C(Cc1ccc(OCCc2ccccc2OS(C)(=O)=O)cc1)OCC.c1cc2ccc1-2. The monoisotopic (exact) mass is 512 g/mol. The molecule has 8 heteroatoms. The van der Waals surface area contributed by atoms with E-state index in [1.54, 1.807) is 25.1 Å². The lowest BCUT2D eigenvalue weighted by Crippen LogP contribution is -2.28. The predicted molar refractivity (Wildman–Crippen MR) is 139 cm³/mol. The van der Waals surface area contributed by atoms with Gasteiger partial charge in [-0.1, -0.05) is 54.6 Å². The van der Waals surface area contributed by atoms with Crippen LogP contribution >= 0.6 is 0 Å². The average Bonchev–Trinajstić information content (AvgIpc) is 2.83. The molecule has 0 amide bonds. The van der Waals surface area contributed by atoms with E-state index in [4.69, 9.17) is 18.4 Å². The lowest BCUT2D eigenvalue weighted by Gasteiger charge is -2.16.